The van der Waals surface area contributed by atoms with Crippen LogP contribution in [0.15, 0.2) is 44.8 Å². The number of aryl methyl sites for hydroxylation is 1. The van der Waals surface area contributed by atoms with Gasteiger partial charge in [0.25, 0.3) is 5.56 Å². The number of hydrogen-bond acceptors (Lipinski definition) is 7. The number of rotatable bonds is 8. The fourth-order valence-electron chi connectivity index (χ4n) is 3.84. The van der Waals surface area contributed by atoms with E-state index in [2.05, 4.69) is 15.8 Å². The third-order valence-electron chi connectivity index (χ3n) is 5.39. The Bertz CT molecular complexity index is 1390. The number of ether oxygens (including phenoxy) is 2. The summed E-state index contributed by atoms with van der Waals surface area (Å²) in [5.41, 5.74) is -0.959. The van der Waals surface area contributed by atoms with Gasteiger partial charge in [-0.05, 0) is 36.8 Å². The lowest BCUT2D eigenvalue weighted by Crippen LogP contribution is -2.40. The van der Waals surface area contributed by atoms with E-state index in [0.29, 0.717) is 6.54 Å². The molecule has 0 saturated heterocycles. The van der Waals surface area contributed by atoms with Crippen LogP contribution in [0.25, 0.3) is 11.2 Å². The van der Waals surface area contributed by atoms with Crippen molar-refractivity contribution in [1.82, 2.24) is 18.7 Å². The van der Waals surface area contributed by atoms with Crippen LogP contribution in [-0.2, 0) is 20.1 Å². The van der Waals surface area contributed by atoms with Gasteiger partial charge in [0.15, 0.2) is 11.2 Å². The second-order valence-electron chi connectivity index (χ2n) is 7.97. The van der Waals surface area contributed by atoms with Gasteiger partial charge < -0.3 is 14.6 Å². The van der Waals surface area contributed by atoms with Crippen LogP contribution in [0, 0.1) is 0 Å². The van der Waals surface area contributed by atoms with Crippen LogP contribution in [0.5, 0.6) is 17.5 Å². The monoisotopic (exact) mass is 512 g/mol. The normalized spacial score (nSPS) is 16.1. The highest BCUT2D eigenvalue weighted by molar-refractivity contribution is 8.03. The van der Waals surface area contributed by atoms with Crippen LogP contribution in [-0.4, -0.2) is 42.0 Å². The minimum atomic E-state index is -4.87. The molecule has 1 aromatic carbocycles. The third kappa shape index (κ3) is 5.40. The van der Waals surface area contributed by atoms with Crippen LogP contribution in [0.1, 0.15) is 19.8 Å². The van der Waals surface area contributed by atoms with Gasteiger partial charge in [-0.3, -0.25) is 18.5 Å². The molecule has 3 aromatic rings. The van der Waals surface area contributed by atoms with Crippen LogP contribution >= 0.6 is 11.8 Å². The SMILES string of the molecule is CC1=CCC(Cn2c(Oc3cccc(OC(F)(F)F)c3)nc3c2c(=O)n(CCCO)c(=O)n3C)S1. The minimum Gasteiger partial charge on any atom is -0.425 e. The van der Waals surface area contributed by atoms with Gasteiger partial charge in [0.05, 0.1) is 0 Å². The average molecular weight is 513 g/mol. The molecule has 3 heterocycles. The van der Waals surface area contributed by atoms with Crippen LogP contribution in [0.4, 0.5) is 13.2 Å². The van der Waals surface area contributed by atoms with Crippen molar-refractivity contribution in [3.63, 3.8) is 0 Å². The van der Waals surface area contributed by atoms with E-state index in [1.165, 1.54) is 23.7 Å². The van der Waals surface area contributed by atoms with E-state index in [4.69, 9.17) is 4.74 Å². The third-order valence-corrected chi connectivity index (χ3v) is 6.61. The lowest BCUT2D eigenvalue weighted by molar-refractivity contribution is -0.274. The maximum absolute atomic E-state index is 13.3. The van der Waals surface area contributed by atoms with Crippen molar-refractivity contribution in [3.05, 3.63) is 56.1 Å². The van der Waals surface area contributed by atoms with E-state index < -0.39 is 23.4 Å². The standard InChI is InChI=1S/C22H23F3N4O5S/c1-13-7-8-16(35-13)12-29-17-18(27(2)21(32)28(19(17)31)9-4-10-30)26-20(29)33-14-5-3-6-15(11-14)34-22(23,24)25/h3,5-7,11,16,30H,4,8-10,12H2,1-2H3. The van der Waals surface area contributed by atoms with Crippen molar-refractivity contribution in [3.8, 4) is 17.5 Å². The maximum Gasteiger partial charge on any atom is 0.573 e. The van der Waals surface area contributed by atoms with E-state index >= 15 is 0 Å². The van der Waals surface area contributed by atoms with Crippen molar-refractivity contribution in [1.29, 1.82) is 0 Å². The smallest absolute Gasteiger partial charge is 0.425 e. The maximum atomic E-state index is 13.3. The molecule has 4 rings (SSSR count). The fourth-order valence-corrected chi connectivity index (χ4v) is 4.97. The number of imidazole rings is 1. The molecule has 35 heavy (non-hydrogen) atoms. The highest BCUT2D eigenvalue weighted by Crippen LogP contribution is 2.35. The number of benzene rings is 1. The average Bonchev–Trinajstić information content (AvgIpc) is 3.35. The van der Waals surface area contributed by atoms with Gasteiger partial charge >= 0.3 is 18.1 Å². The lowest BCUT2D eigenvalue weighted by atomic mass is 10.3. The zero-order valence-electron chi connectivity index (χ0n) is 18.9. The number of aliphatic hydroxyl groups is 1. The highest BCUT2D eigenvalue weighted by atomic mass is 32.2. The van der Waals surface area contributed by atoms with Crippen molar-refractivity contribution in [2.75, 3.05) is 6.61 Å². The summed E-state index contributed by atoms with van der Waals surface area (Å²) in [7, 11) is 1.47. The van der Waals surface area contributed by atoms with Crippen LogP contribution in [0.2, 0.25) is 0 Å². The first kappa shape index (κ1) is 24.9. The second-order valence-corrected chi connectivity index (χ2v) is 9.51. The Labute approximate surface area is 201 Å². The summed E-state index contributed by atoms with van der Waals surface area (Å²) in [6.45, 7) is 2.12. The summed E-state index contributed by atoms with van der Waals surface area (Å²) in [6.07, 6.45) is -1.84. The number of aromatic nitrogens is 4. The van der Waals surface area contributed by atoms with Crippen molar-refractivity contribution < 1.29 is 27.8 Å². The van der Waals surface area contributed by atoms with Gasteiger partial charge in [-0.1, -0.05) is 12.1 Å². The number of alkyl halides is 3. The van der Waals surface area contributed by atoms with Gasteiger partial charge in [-0.15, -0.1) is 24.9 Å². The number of halogens is 3. The Kier molecular flexibility index (Phi) is 6.99. The number of hydrogen-bond donors (Lipinski definition) is 1. The van der Waals surface area contributed by atoms with Gasteiger partial charge in [0, 0.05) is 38.1 Å². The molecular weight excluding hydrogens is 489 g/mol. The van der Waals surface area contributed by atoms with Gasteiger partial charge in [0.1, 0.15) is 11.5 Å². The summed E-state index contributed by atoms with van der Waals surface area (Å²) in [5.74, 6) is -0.454. The number of thioether (sulfide) groups is 1. The molecule has 0 saturated carbocycles. The number of allylic oxidation sites excluding steroid dienone is 2. The Balaban J connectivity index is 1.82. The molecule has 9 nitrogen and oxygen atoms in total. The van der Waals surface area contributed by atoms with Crippen molar-refractivity contribution in [2.24, 2.45) is 7.05 Å². The lowest BCUT2D eigenvalue weighted by Gasteiger charge is -2.15. The van der Waals surface area contributed by atoms with E-state index in [0.717, 1.165) is 28.0 Å². The summed E-state index contributed by atoms with van der Waals surface area (Å²) in [4.78, 5) is 31.6. The molecule has 0 amide bonds. The molecule has 0 bridgehead atoms. The molecule has 0 radical (unpaired) electrons. The molecule has 2 aromatic heterocycles. The van der Waals surface area contributed by atoms with E-state index in [1.54, 1.807) is 16.3 Å². The first-order valence-corrected chi connectivity index (χ1v) is 11.6. The summed E-state index contributed by atoms with van der Waals surface area (Å²) >= 11 is 1.63. The van der Waals surface area contributed by atoms with Gasteiger partial charge in [-0.25, -0.2) is 4.79 Å². The van der Waals surface area contributed by atoms with E-state index in [-0.39, 0.29) is 47.7 Å². The predicted molar refractivity (Wildman–Crippen MR) is 124 cm³/mol. The summed E-state index contributed by atoms with van der Waals surface area (Å²) < 4.78 is 51.5. The Morgan fingerprint density at radius 3 is 2.63 bits per heavy atom. The molecule has 1 aliphatic rings. The highest BCUT2D eigenvalue weighted by Gasteiger charge is 2.31. The molecule has 1 atom stereocenters. The van der Waals surface area contributed by atoms with Crippen LogP contribution < -0.4 is 20.7 Å². The molecule has 1 N–H and O–H groups in total. The summed E-state index contributed by atoms with van der Waals surface area (Å²) in [6, 6.07) is 4.92. The van der Waals surface area contributed by atoms with E-state index in [1.807, 2.05) is 6.92 Å². The zero-order chi connectivity index (χ0) is 25.3. The molecule has 0 spiro atoms. The fraction of sp³-hybridized carbons (Fsp3) is 0.409. The quantitative estimate of drug-likeness (QED) is 0.494. The zero-order valence-corrected chi connectivity index (χ0v) is 19.7. The first-order valence-electron chi connectivity index (χ1n) is 10.8. The van der Waals surface area contributed by atoms with Gasteiger partial charge in [0.2, 0.25) is 0 Å². The molecule has 13 heteroatoms. The van der Waals surface area contributed by atoms with Crippen LogP contribution in [0.3, 0.4) is 0 Å². The molecule has 1 aliphatic heterocycles. The topological polar surface area (TPSA) is 101 Å². The minimum absolute atomic E-state index is 0.0160. The Hall–Kier alpha value is -3.19. The second kappa shape index (κ2) is 9.82. The molecular formula is C22H23F3N4O5S. The van der Waals surface area contributed by atoms with Gasteiger partial charge in [-0.2, -0.15) is 4.98 Å². The molecule has 0 fully saturated rings. The van der Waals surface area contributed by atoms with Crippen molar-refractivity contribution in [2.45, 2.75) is 44.5 Å². The Morgan fingerprint density at radius 1 is 1.23 bits per heavy atom. The molecule has 1 unspecified atom stereocenters. The molecule has 0 aliphatic carbocycles. The predicted octanol–water partition coefficient (Wildman–Crippen LogP) is 3.38. The van der Waals surface area contributed by atoms with E-state index in [9.17, 15) is 27.9 Å². The first-order chi connectivity index (χ1) is 16.6. The number of fused-ring (bicyclic) bond motifs is 1. The molecule has 188 valence electrons. The Morgan fingerprint density at radius 2 is 1.97 bits per heavy atom. The van der Waals surface area contributed by atoms with Crippen molar-refractivity contribution >= 4 is 22.9 Å². The summed E-state index contributed by atoms with van der Waals surface area (Å²) in [5, 5.41) is 9.24. The largest absolute Gasteiger partial charge is 0.573 e. The number of aliphatic hydroxyl groups excluding tert-OH is 1. The number of nitrogens with zero attached hydrogens (tertiary/aromatic N) is 4.